The minimum Gasteiger partial charge on any atom is -0.396 e. The fourth-order valence-corrected chi connectivity index (χ4v) is 1.40. The summed E-state index contributed by atoms with van der Waals surface area (Å²) < 4.78 is 10.6. The summed E-state index contributed by atoms with van der Waals surface area (Å²) in [6.45, 7) is 5.50. The summed E-state index contributed by atoms with van der Waals surface area (Å²) >= 11 is 0. The Labute approximate surface area is 103 Å². The first kappa shape index (κ1) is 16.4. The van der Waals surface area contributed by atoms with Gasteiger partial charge in [0.25, 0.3) is 0 Å². The Kier molecular flexibility index (Phi) is 11.4. The van der Waals surface area contributed by atoms with E-state index in [0.717, 1.165) is 19.3 Å². The summed E-state index contributed by atoms with van der Waals surface area (Å²) in [5, 5.41) is 11.4. The SMILES string of the molecule is CCOC(CNC(=O)CCCCCO)OCC. The van der Waals surface area contributed by atoms with Gasteiger partial charge < -0.3 is 19.9 Å². The molecule has 0 spiro atoms. The Morgan fingerprint density at radius 1 is 1.18 bits per heavy atom. The van der Waals surface area contributed by atoms with Crippen LogP contribution < -0.4 is 5.32 Å². The molecule has 0 unspecified atom stereocenters. The van der Waals surface area contributed by atoms with Gasteiger partial charge in [0.2, 0.25) is 5.91 Å². The summed E-state index contributed by atoms with van der Waals surface area (Å²) in [6.07, 6.45) is 2.58. The summed E-state index contributed by atoms with van der Waals surface area (Å²) in [5.74, 6) is 0.00680. The van der Waals surface area contributed by atoms with E-state index >= 15 is 0 Å². The number of aliphatic hydroxyl groups excluding tert-OH is 1. The third kappa shape index (κ3) is 10.2. The van der Waals surface area contributed by atoms with Gasteiger partial charge in [-0.1, -0.05) is 6.42 Å². The molecule has 0 aromatic heterocycles. The molecule has 0 aromatic carbocycles. The zero-order valence-electron chi connectivity index (χ0n) is 10.9. The molecule has 0 saturated carbocycles. The van der Waals surface area contributed by atoms with Gasteiger partial charge in [-0.2, -0.15) is 0 Å². The largest absolute Gasteiger partial charge is 0.396 e. The first-order valence-electron chi connectivity index (χ1n) is 6.35. The lowest BCUT2D eigenvalue weighted by molar-refractivity contribution is -0.140. The molecule has 0 saturated heterocycles. The van der Waals surface area contributed by atoms with Crippen LogP contribution in [0.2, 0.25) is 0 Å². The molecule has 0 aliphatic rings. The second-order valence-electron chi connectivity index (χ2n) is 3.68. The van der Waals surface area contributed by atoms with Gasteiger partial charge in [0.05, 0.1) is 6.54 Å². The highest BCUT2D eigenvalue weighted by Gasteiger charge is 2.09. The molecule has 0 aliphatic carbocycles. The van der Waals surface area contributed by atoms with Crippen molar-refractivity contribution in [2.24, 2.45) is 0 Å². The van der Waals surface area contributed by atoms with Gasteiger partial charge in [-0.05, 0) is 26.7 Å². The van der Waals surface area contributed by atoms with E-state index < -0.39 is 0 Å². The molecule has 0 atom stereocenters. The van der Waals surface area contributed by atoms with E-state index in [1.807, 2.05) is 13.8 Å². The van der Waals surface area contributed by atoms with Gasteiger partial charge in [0.15, 0.2) is 6.29 Å². The fourth-order valence-electron chi connectivity index (χ4n) is 1.40. The monoisotopic (exact) mass is 247 g/mol. The maximum Gasteiger partial charge on any atom is 0.220 e. The Morgan fingerprint density at radius 3 is 2.35 bits per heavy atom. The van der Waals surface area contributed by atoms with Crippen molar-refractivity contribution in [3.05, 3.63) is 0 Å². The topological polar surface area (TPSA) is 67.8 Å². The number of hydrogen-bond acceptors (Lipinski definition) is 4. The number of aliphatic hydroxyl groups is 1. The summed E-state index contributed by atoms with van der Waals surface area (Å²) in [7, 11) is 0. The lowest BCUT2D eigenvalue weighted by atomic mass is 10.2. The average Bonchev–Trinajstić information content (AvgIpc) is 2.32. The van der Waals surface area contributed by atoms with E-state index in [-0.39, 0.29) is 18.8 Å². The number of carbonyl (C=O) groups is 1. The normalized spacial score (nSPS) is 10.8. The van der Waals surface area contributed by atoms with Gasteiger partial charge in [0.1, 0.15) is 0 Å². The van der Waals surface area contributed by atoms with Crippen LogP contribution in [0.15, 0.2) is 0 Å². The Bertz CT molecular complexity index is 181. The molecule has 17 heavy (non-hydrogen) atoms. The molecule has 2 N–H and O–H groups in total. The maximum absolute atomic E-state index is 11.4. The van der Waals surface area contributed by atoms with Gasteiger partial charge in [-0.25, -0.2) is 0 Å². The van der Waals surface area contributed by atoms with Crippen LogP contribution in [0, 0.1) is 0 Å². The van der Waals surface area contributed by atoms with E-state index in [0.29, 0.717) is 26.2 Å². The predicted octanol–water partition coefficient (Wildman–Crippen LogP) is 1.05. The van der Waals surface area contributed by atoms with Gasteiger partial charge in [-0.15, -0.1) is 0 Å². The van der Waals surface area contributed by atoms with E-state index in [1.165, 1.54) is 0 Å². The number of carbonyl (C=O) groups excluding carboxylic acids is 1. The molecule has 0 fully saturated rings. The van der Waals surface area contributed by atoms with E-state index in [4.69, 9.17) is 14.6 Å². The van der Waals surface area contributed by atoms with Crippen LogP contribution >= 0.6 is 0 Å². The highest BCUT2D eigenvalue weighted by molar-refractivity contribution is 5.75. The van der Waals surface area contributed by atoms with Crippen LogP contribution in [-0.2, 0) is 14.3 Å². The molecular weight excluding hydrogens is 222 g/mol. The van der Waals surface area contributed by atoms with Crippen LogP contribution in [0.25, 0.3) is 0 Å². The van der Waals surface area contributed by atoms with Gasteiger partial charge in [-0.3, -0.25) is 4.79 Å². The smallest absolute Gasteiger partial charge is 0.220 e. The van der Waals surface area contributed by atoms with Crippen molar-refractivity contribution in [2.45, 2.75) is 45.8 Å². The van der Waals surface area contributed by atoms with Gasteiger partial charge >= 0.3 is 0 Å². The van der Waals surface area contributed by atoms with Crippen molar-refractivity contribution in [1.82, 2.24) is 5.32 Å². The maximum atomic E-state index is 11.4. The first-order valence-corrected chi connectivity index (χ1v) is 6.35. The summed E-state index contributed by atoms with van der Waals surface area (Å²) in [4.78, 5) is 11.4. The fraction of sp³-hybridized carbons (Fsp3) is 0.917. The van der Waals surface area contributed by atoms with Crippen molar-refractivity contribution in [3.8, 4) is 0 Å². The quantitative estimate of drug-likeness (QED) is 0.423. The molecule has 0 bridgehead atoms. The van der Waals surface area contributed by atoms with Gasteiger partial charge in [0, 0.05) is 26.2 Å². The lowest BCUT2D eigenvalue weighted by Crippen LogP contribution is -2.35. The van der Waals surface area contributed by atoms with Crippen molar-refractivity contribution in [2.75, 3.05) is 26.4 Å². The minimum absolute atomic E-state index is 0.00680. The molecule has 5 heteroatoms. The molecule has 0 aromatic rings. The summed E-state index contributed by atoms with van der Waals surface area (Å²) in [5.41, 5.74) is 0. The second kappa shape index (κ2) is 11.8. The molecule has 0 rings (SSSR count). The molecule has 0 radical (unpaired) electrons. The third-order valence-electron chi connectivity index (χ3n) is 2.23. The molecule has 102 valence electrons. The minimum atomic E-state index is -0.355. The van der Waals surface area contributed by atoms with E-state index in [2.05, 4.69) is 5.32 Å². The number of unbranched alkanes of at least 4 members (excludes halogenated alkanes) is 2. The Balaban J connectivity index is 3.57. The zero-order valence-corrected chi connectivity index (χ0v) is 10.9. The number of ether oxygens (including phenoxy) is 2. The highest BCUT2D eigenvalue weighted by atomic mass is 16.7. The summed E-state index contributed by atoms with van der Waals surface area (Å²) in [6, 6.07) is 0. The predicted molar refractivity (Wildman–Crippen MR) is 65.6 cm³/mol. The van der Waals surface area contributed by atoms with Crippen LogP contribution in [0.5, 0.6) is 0 Å². The third-order valence-corrected chi connectivity index (χ3v) is 2.23. The number of hydrogen-bond donors (Lipinski definition) is 2. The standard InChI is InChI=1S/C12H25NO4/c1-3-16-12(17-4-2)10-13-11(15)8-6-5-7-9-14/h12,14H,3-10H2,1-2H3,(H,13,15). The number of amides is 1. The first-order chi connectivity index (χ1) is 8.24. The van der Waals surface area contributed by atoms with Crippen LogP contribution in [-0.4, -0.2) is 43.7 Å². The van der Waals surface area contributed by atoms with Crippen LogP contribution in [0.1, 0.15) is 39.5 Å². The number of rotatable bonds is 11. The second-order valence-corrected chi connectivity index (χ2v) is 3.68. The van der Waals surface area contributed by atoms with Crippen molar-refractivity contribution in [1.29, 1.82) is 0 Å². The lowest BCUT2D eigenvalue weighted by Gasteiger charge is -2.17. The number of nitrogens with one attached hydrogen (secondary N) is 1. The molecule has 1 amide bonds. The van der Waals surface area contributed by atoms with E-state index in [1.54, 1.807) is 0 Å². The van der Waals surface area contributed by atoms with Crippen molar-refractivity contribution >= 4 is 5.91 Å². The Hall–Kier alpha value is -0.650. The molecule has 5 nitrogen and oxygen atoms in total. The highest BCUT2D eigenvalue weighted by Crippen LogP contribution is 1.99. The average molecular weight is 247 g/mol. The van der Waals surface area contributed by atoms with Crippen LogP contribution in [0.3, 0.4) is 0 Å². The molecule has 0 aliphatic heterocycles. The zero-order chi connectivity index (χ0) is 12.9. The van der Waals surface area contributed by atoms with Crippen LogP contribution in [0.4, 0.5) is 0 Å². The molecular formula is C12H25NO4. The Morgan fingerprint density at radius 2 is 1.82 bits per heavy atom. The van der Waals surface area contributed by atoms with E-state index in [9.17, 15) is 4.79 Å². The van der Waals surface area contributed by atoms with Crippen molar-refractivity contribution < 1.29 is 19.4 Å². The van der Waals surface area contributed by atoms with Crippen molar-refractivity contribution in [3.63, 3.8) is 0 Å². The molecule has 0 heterocycles.